The summed E-state index contributed by atoms with van der Waals surface area (Å²) in [6, 6.07) is 21.2. The average molecular weight is 443 g/mol. The number of hydrogen-bond donors (Lipinski definition) is 3. The highest BCUT2D eigenvalue weighted by Gasteiger charge is 2.14. The van der Waals surface area contributed by atoms with Crippen molar-refractivity contribution in [3.8, 4) is 5.75 Å². The van der Waals surface area contributed by atoms with Gasteiger partial charge >= 0.3 is 0 Å². The molecule has 0 bridgehead atoms. The lowest BCUT2D eigenvalue weighted by atomic mass is 10.1. The molecule has 0 aliphatic heterocycles. The average Bonchev–Trinajstić information content (AvgIpc) is 2.81. The van der Waals surface area contributed by atoms with E-state index in [1.165, 1.54) is 6.21 Å². The van der Waals surface area contributed by atoms with Gasteiger partial charge in [0, 0.05) is 30.9 Å². The van der Waals surface area contributed by atoms with Crippen molar-refractivity contribution in [2.24, 2.45) is 5.10 Å². The molecule has 3 aromatic rings. The third kappa shape index (κ3) is 6.54. The van der Waals surface area contributed by atoms with Gasteiger partial charge in [0.2, 0.25) is 0 Å². The van der Waals surface area contributed by atoms with Crippen LogP contribution in [0.1, 0.15) is 27.0 Å². The van der Waals surface area contributed by atoms with Crippen LogP contribution < -0.4 is 15.6 Å². The first-order valence-corrected chi connectivity index (χ1v) is 10.3. The van der Waals surface area contributed by atoms with E-state index >= 15 is 0 Å². The monoisotopic (exact) mass is 442 g/mol. The molecule has 7 nitrogen and oxygen atoms in total. The van der Waals surface area contributed by atoms with Crippen LogP contribution in [0.5, 0.6) is 5.75 Å². The minimum absolute atomic E-state index is 0.0343. The number of nitrogens with zero attached hydrogens (tertiary/aromatic N) is 2. The fraction of sp³-hybridized carbons (Fsp3) is 0.115. The highest BCUT2D eigenvalue weighted by molar-refractivity contribution is 6.05. The molecule has 0 atom stereocenters. The number of aromatic hydroxyl groups is 1. The molecule has 0 radical (unpaired) electrons. The number of hydrogen-bond acceptors (Lipinski definition) is 5. The van der Waals surface area contributed by atoms with E-state index in [9.17, 15) is 14.7 Å². The van der Waals surface area contributed by atoms with E-state index < -0.39 is 11.8 Å². The Morgan fingerprint density at radius 3 is 2.33 bits per heavy atom. The second-order valence-electron chi connectivity index (χ2n) is 7.63. The number of aryl methyl sites for hydroxylation is 1. The molecule has 7 heteroatoms. The summed E-state index contributed by atoms with van der Waals surface area (Å²) >= 11 is 0. The predicted octanol–water partition coefficient (Wildman–Crippen LogP) is 3.69. The van der Waals surface area contributed by atoms with Crippen molar-refractivity contribution in [3.63, 3.8) is 0 Å². The van der Waals surface area contributed by atoms with Gasteiger partial charge in [-0.1, -0.05) is 42.0 Å². The molecule has 0 fully saturated rings. The quantitative estimate of drug-likeness (QED) is 0.296. The third-order valence-electron chi connectivity index (χ3n) is 4.80. The van der Waals surface area contributed by atoms with E-state index in [2.05, 4.69) is 15.8 Å². The van der Waals surface area contributed by atoms with E-state index in [0.29, 0.717) is 11.1 Å². The van der Waals surface area contributed by atoms with Gasteiger partial charge in [0.15, 0.2) is 0 Å². The lowest BCUT2D eigenvalue weighted by Gasteiger charge is -2.12. The highest BCUT2D eigenvalue weighted by atomic mass is 16.3. The molecule has 0 aliphatic carbocycles. The SMILES string of the molecule is Cc1ccc(O)c(C=NNC(=O)/C(=C/c2ccc(N(C)C)cc2)NC(=O)c2ccccc2)c1. The van der Waals surface area contributed by atoms with Crippen LogP contribution in [0.4, 0.5) is 5.69 Å². The number of benzene rings is 3. The van der Waals surface area contributed by atoms with Crippen molar-refractivity contribution in [3.05, 3.63) is 101 Å². The van der Waals surface area contributed by atoms with Gasteiger partial charge in [0.05, 0.1) is 6.21 Å². The number of phenolic OH excluding ortho intramolecular Hbond substituents is 1. The lowest BCUT2D eigenvalue weighted by molar-refractivity contribution is -0.117. The number of carbonyl (C=O) groups is 2. The summed E-state index contributed by atoms with van der Waals surface area (Å²) in [4.78, 5) is 27.5. The number of nitrogens with one attached hydrogen (secondary N) is 2. The Kier molecular flexibility index (Phi) is 7.60. The molecule has 0 unspecified atom stereocenters. The van der Waals surface area contributed by atoms with Gasteiger partial charge < -0.3 is 15.3 Å². The smallest absolute Gasteiger partial charge is 0.287 e. The van der Waals surface area contributed by atoms with Gasteiger partial charge in [0.25, 0.3) is 11.8 Å². The summed E-state index contributed by atoms with van der Waals surface area (Å²) < 4.78 is 0. The van der Waals surface area contributed by atoms with Crippen molar-refractivity contribution in [2.45, 2.75) is 6.92 Å². The second-order valence-corrected chi connectivity index (χ2v) is 7.63. The number of carbonyl (C=O) groups excluding carboxylic acids is 2. The Morgan fingerprint density at radius 1 is 0.970 bits per heavy atom. The van der Waals surface area contributed by atoms with Crippen LogP contribution in [-0.4, -0.2) is 37.2 Å². The zero-order valence-corrected chi connectivity index (χ0v) is 18.7. The maximum absolute atomic E-state index is 12.9. The molecular formula is C26H26N4O3. The van der Waals surface area contributed by atoms with E-state index in [-0.39, 0.29) is 11.4 Å². The van der Waals surface area contributed by atoms with Gasteiger partial charge in [-0.25, -0.2) is 5.43 Å². The normalized spacial score (nSPS) is 11.3. The standard InChI is InChI=1S/C26H26N4O3/c1-18-9-14-24(31)21(15-18)17-27-29-26(33)23(28-25(32)20-7-5-4-6-8-20)16-19-10-12-22(13-11-19)30(2)3/h4-17,31H,1-3H3,(H,28,32)(H,29,33)/b23-16-,27-17?. The molecule has 0 saturated carbocycles. The van der Waals surface area contributed by atoms with Crippen LogP contribution in [0.25, 0.3) is 6.08 Å². The first kappa shape index (κ1) is 23.3. The van der Waals surface area contributed by atoms with Crippen LogP contribution in [0.3, 0.4) is 0 Å². The Labute approximate surface area is 193 Å². The van der Waals surface area contributed by atoms with Crippen molar-refractivity contribution in [1.29, 1.82) is 0 Å². The number of hydrazone groups is 1. The Balaban J connectivity index is 1.83. The van der Waals surface area contributed by atoms with E-state index in [4.69, 9.17) is 0 Å². The maximum Gasteiger partial charge on any atom is 0.287 e. The first-order valence-electron chi connectivity index (χ1n) is 10.3. The number of rotatable bonds is 7. The number of phenols is 1. The minimum Gasteiger partial charge on any atom is -0.507 e. The van der Waals surface area contributed by atoms with E-state index in [0.717, 1.165) is 16.8 Å². The molecule has 3 rings (SSSR count). The van der Waals surface area contributed by atoms with E-state index in [1.54, 1.807) is 48.5 Å². The van der Waals surface area contributed by atoms with Crippen molar-refractivity contribution < 1.29 is 14.7 Å². The third-order valence-corrected chi connectivity index (χ3v) is 4.80. The van der Waals surface area contributed by atoms with Crippen LogP contribution in [0, 0.1) is 6.92 Å². The summed E-state index contributed by atoms with van der Waals surface area (Å²) in [5.74, 6) is -0.964. The number of anilines is 1. The van der Waals surface area contributed by atoms with E-state index in [1.807, 2.05) is 56.3 Å². The largest absolute Gasteiger partial charge is 0.507 e. The fourth-order valence-corrected chi connectivity index (χ4v) is 2.98. The number of amides is 2. The Hall–Kier alpha value is -4.39. The molecule has 0 saturated heterocycles. The summed E-state index contributed by atoms with van der Waals surface area (Å²) in [7, 11) is 3.88. The van der Waals surface area contributed by atoms with Crippen LogP contribution in [0.2, 0.25) is 0 Å². The van der Waals surface area contributed by atoms with Crippen LogP contribution in [0.15, 0.2) is 83.6 Å². The summed E-state index contributed by atoms with van der Waals surface area (Å²) in [6.07, 6.45) is 2.93. The molecule has 0 aromatic heterocycles. The predicted molar refractivity (Wildman–Crippen MR) is 131 cm³/mol. The zero-order valence-electron chi connectivity index (χ0n) is 18.7. The molecular weight excluding hydrogens is 416 g/mol. The minimum atomic E-state index is -0.598. The Morgan fingerprint density at radius 2 is 1.67 bits per heavy atom. The summed E-state index contributed by atoms with van der Waals surface area (Å²) in [5.41, 5.74) is 6.02. The molecule has 2 amide bonds. The van der Waals surface area contributed by atoms with Crippen molar-refractivity contribution in [2.75, 3.05) is 19.0 Å². The second kappa shape index (κ2) is 10.8. The van der Waals surface area contributed by atoms with Crippen molar-refractivity contribution in [1.82, 2.24) is 10.7 Å². The summed E-state index contributed by atoms with van der Waals surface area (Å²) in [6.45, 7) is 1.89. The maximum atomic E-state index is 12.9. The van der Waals surface area contributed by atoms with Gasteiger partial charge in [-0.05, 0) is 55.0 Å². The summed E-state index contributed by atoms with van der Waals surface area (Å²) in [5, 5.41) is 16.5. The van der Waals surface area contributed by atoms with Gasteiger partial charge in [-0.3, -0.25) is 9.59 Å². The molecule has 33 heavy (non-hydrogen) atoms. The van der Waals surface area contributed by atoms with Crippen molar-refractivity contribution >= 4 is 29.8 Å². The van der Waals surface area contributed by atoms with Gasteiger partial charge in [-0.15, -0.1) is 0 Å². The molecule has 0 aliphatic rings. The fourth-order valence-electron chi connectivity index (χ4n) is 2.98. The van der Waals surface area contributed by atoms with Gasteiger partial charge in [0.1, 0.15) is 11.4 Å². The molecule has 3 aromatic carbocycles. The van der Waals surface area contributed by atoms with Gasteiger partial charge in [-0.2, -0.15) is 5.10 Å². The van der Waals surface area contributed by atoms with Crippen LogP contribution >= 0.6 is 0 Å². The molecule has 3 N–H and O–H groups in total. The highest BCUT2D eigenvalue weighted by Crippen LogP contribution is 2.16. The zero-order chi connectivity index (χ0) is 23.8. The first-order chi connectivity index (χ1) is 15.8. The lowest BCUT2D eigenvalue weighted by Crippen LogP contribution is -2.32. The molecule has 0 heterocycles. The topological polar surface area (TPSA) is 94.0 Å². The molecule has 168 valence electrons. The molecule has 0 spiro atoms. The Bertz CT molecular complexity index is 1180. The van der Waals surface area contributed by atoms with Crippen LogP contribution in [-0.2, 0) is 4.79 Å².